The zero-order chi connectivity index (χ0) is 31.8. The van der Waals surface area contributed by atoms with E-state index in [9.17, 15) is 18.0 Å². The minimum Gasteiger partial charge on any atom is -0.352 e. The fraction of sp³-hybridized carbons (Fsp3) is 0.588. The first kappa shape index (κ1) is 33.1. The van der Waals surface area contributed by atoms with Gasteiger partial charge in [0.2, 0.25) is 21.8 Å². The van der Waals surface area contributed by atoms with Crippen LogP contribution in [0.25, 0.3) is 0 Å². The Kier molecular flexibility index (Phi) is 9.93. The summed E-state index contributed by atoms with van der Waals surface area (Å²) in [5.74, 6) is 1.63. The van der Waals surface area contributed by atoms with E-state index in [1.165, 1.54) is 49.0 Å². The van der Waals surface area contributed by atoms with Crippen molar-refractivity contribution in [1.29, 1.82) is 0 Å². The summed E-state index contributed by atoms with van der Waals surface area (Å²) in [6, 6.07) is 11.9. The first-order valence-corrected chi connectivity index (χ1v) is 18.5. The van der Waals surface area contributed by atoms with Crippen molar-refractivity contribution in [3.05, 3.63) is 63.6 Å². The third-order valence-corrected chi connectivity index (χ3v) is 12.0. The number of hydrogen-bond acceptors (Lipinski definition) is 4. The van der Waals surface area contributed by atoms with Crippen LogP contribution in [0.1, 0.15) is 83.3 Å². The third kappa shape index (κ3) is 7.07. The fourth-order valence-corrected chi connectivity index (χ4v) is 9.57. The molecule has 2 aromatic carbocycles. The average molecular weight is 663 g/mol. The van der Waals surface area contributed by atoms with Crippen molar-refractivity contribution in [2.45, 2.75) is 96.2 Å². The SMILES string of the molecule is CC[C@@H](C)NC(=O)[C@@H](CC)N(Cc1ccc(Cl)cc1Cl)C(=O)CN(c1ccc(C23CC4CC(CC(C4)C2)C3)cc1)S(C)(=O)=O. The highest BCUT2D eigenvalue weighted by atomic mass is 35.5. The first-order chi connectivity index (χ1) is 20.8. The fourth-order valence-electron chi connectivity index (χ4n) is 8.25. The molecule has 7 nitrogen and oxygen atoms in total. The van der Waals surface area contributed by atoms with Gasteiger partial charge in [0, 0.05) is 22.6 Å². The topological polar surface area (TPSA) is 86.8 Å². The number of halogens is 2. The molecular weight excluding hydrogens is 617 g/mol. The summed E-state index contributed by atoms with van der Waals surface area (Å²) < 4.78 is 27.4. The van der Waals surface area contributed by atoms with Crippen LogP contribution in [0, 0.1) is 17.8 Å². The van der Waals surface area contributed by atoms with Crippen LogP contribution >= 0.6 is 23.2 Å². The van der Waals surface area contributed by atoms with Crippen molar-refractivity contribution < 1.29 is 18.0 Å². The maximum atomic E-state index is 14.1. The van der Waals surface area contributed by atoms with E-state index < -0.39 is 28.5 Å². The minimum absolute atomic E-state index is 0.0316. The van der Waals surface area contributed by atoms with Crippen LogP contribution in [0.15, 0.2) is 42.5 Å². The second-order valence-electron chi connectivity index (χ2n) is 13.5. The number of hydrogen-bond donors (Lipinski definition) is 1. The zero-order valence-electron chi connectivity index (χ0n) is 26.2. The summed E-state index contributed by atoms with van der Waals surface area (Å²) in [6.45, 7) is 5.31. The Morgan fingerprint density at radius 2 is 1.55 bits per heavy atom. The first-order valence-electron chi connectivity index (χ1n) is 15.9. The number of anilines is 1. The Labute approximate surface area is 272 Å². The molecule has 0 heterocycles. The van der Waals surface area contributed by atoms with E-state index >= 15 is 0 Å². The maximum absolute atomic E-state index is 14.1. The number of benzene rings is 2. The van der Waals surface area contributed by atoms with Crippen LogP contribution in [0.2, 0.25) is 10.0 Å². The number of nitrogens with one attached hydrogen (secondary N) is 1. The van der Waals surface area contributed by atoms with Crippen molar-refractivity contribution in [3.8, 4) is 0 Å². The van der Waals surface area contributed by atoms with Gasteiger partial charge in [-0.05, 0) is 117 Å². The lowest BCUT2D eigenvalue weighted by Gasteiger charge is -2.57. The molecule has 2 aromatic rings. The van der Waals surface area contributed by atoms with Crippen molar-refractivity contribution in [3.63, 3.8) is 0 Å². The normalized spacial score (nSPS) is 25.4. The molecule has 240 valence electrons. The molecule has 6 rings (SSSR count). The maximum Gasteiger partial charge on any atom is 0.244 e. The third-order valence-electron chi connectivity index (χ3n) is 10.2. The molecule has 4 aliphatic rings. The molecule has 10 heteroatoms. The monoisotopic (exact) mass is 661 g/mol. The summed E-state index contributed by atoms with van der Waals surface area (Å²) >= 11 is 12.6. The number of nitrogens with zero attached hydrogens (tertiary/aromatic N) is 2. The van der Waals surface area contributed by atoms with Gasteiger partial charge in [-0.25, -0.2) is 8.42 Å². The van der Waals surface area contributed by atoms with Crippen molar-refractivity contribution in [2.75, 3.05) is 17.1 Å². The molecule has 0 radical (unpaired) electrons. The van der Waals surface area contributed by atoms with Gasteiger partial charge in [-0.15, -0.1) is 0 Å². The van der Waals surface area contributed by atoms with Crippen LogP contribution in [-0.2, 0) is 31.6 Å². The Hall–Kier alpha value is -2.29. The van der Waals surface area contributed by atoms with Gasteiger partial charge in [-0.1, -0.05) is 55.2 Å². The standard InChI is InChI=1S/C34H45Cl2N3O4S/c1-5-22(3)37-33(41)31(6-2)38(20-26-7-10-28(35)16-30(26)36)32(40)21-39(44(4,42)43)29-11-8-27(9-12-29)34-17-23-13-24(18-34)15-25(14-23)19-34/h7-12,16,22-25,31H,5-6,13-15,17-21H2,1-4H3,(H,37,41)/t22-,23?,24?,25?,31-,34?/m1/s1. The summed E-state index contributed by atoms with van der Waals surface area (Å²) in [4.78, 5) is 28.9. The van der Waals surface area contributed by atoms with Crippen molar-refractivity contribution >= 4 is 50.7 Å². The molecule has 4 saturated carbocycles. The minimum atomic E-state index is -3.82. The smallest absolute Gasteiger partial charge is 0.244 e. The van der Waals surface area contributed by atoms with Gasteiger partial charge in [-0.3, -0.25) is 13.9 Å². The Morgan fingerprint density at radius 1 is 0.955 bits per heavy atom. The molecule has 44 heavy (non-hydrogen) atoms. The molecule has 0 aromatic heterocycles. The van der Waals surface area contributed by atoms with Gasteiger partial charge in [0.05, 0.1) is 11.9 Å². The molecule has 4 fully saturated rings. The molecular formula is C34H45Cl2N3O4S. The lowest BCUT2D eigenvalue weighted by Crippen LogP contribution is -2.53. The molecule has 0 saturated heterocycles. The van der Waals surface area contributed by atoms with Gasteiger partial charge in [0.1, 0.15) is 12.6 Å². The van der Waals surface area contributed by atoms with Gasteiger partial charge >= 0.3 is 0 Å². The summed E-state index contributed by atoms with van der Waals surface area (Å²) in [6.07, 6.45) is 9.90. The number of sulfonamides is 1. The molecule has 0 unspecified atom stereocenters. The van der Waals surface area contributed by atoms with E-state index in [0.717, 1.165) is 34.7 Å². The van der Waals surface area contributed by atoms with Crippen LogP contribution in [0.3, 0.4) is 0 Å². The van der Waals surface area contributed by atoms with Gasteiger partial charge in [0.25, 0.3) is 0 Å². The van der Waals surface area contributed by atoms with E-state index in [1.807, 2.05) is 32.9 Å². The highest BCUT2D eigenvalue weighted by Crippen LogP contribution is 2.60. The number of carbonyl (C=O) groups excluding carboxylic acids is 2. The molecule has 1 N–H and O–H groups in total. The van der Waals surface area contributed by atoms with E-state index in [2.05, 4.69) is 17.4 Å². The van der Waals surface area contributed by atoms with Gasteiger partial charge in [0.15, 0.2) is 0 Å². The van der Waals surface area contributed by atoms with Crippen molar-refractivity contribution in [2.24, 2.45) is 17.8 Å². The Bertz CT molecular complexity index is 1440. The zero-order valence-corrected chi connectivity index (χ0v) is 28.5. The molecule has 4 bridgehead atoms. The largest absolute Gasteiger partial charge is 0.352 e. The summed E-state index contributed by atoms with van der Waals surface area (Å²) in [7, 11) is -3.82. The molecule has 0 spiro atoms. The van der Waals surface area contributed by atoms with Crippen LogP contribution < -0.4 is 9.62 Å². The highest BCUT2D eigenvalue weighted by Gasteiger charge is 2.51. The van der Waals surface area contributed by atoms with E-state index in [0.29, 0.717) is 27.7 Å². The van der Waals surface area contributed by atoms with Gasteiger partial charge < -0.3 is 10.2 Å². The number of rotatable bonds is 12. The van der Waals surface area contributed by atoms with Crippen LogP contribution in [0.4, 0.5) is 5.69 Å². The molecule has 4 aliphatic carbocycles. The molecule has 0 aliphatic heterocycles. The Morgan fingerprint density at radius 3 is 2.05 bits per heavy atom. The van der Waals surface area contributed by atoms with E-state index in [4.69, 9.17) is 23.2 Å². The predicted molar refractivity (Wildman–Crippen MR) is 177 cm³/mol. The highest BCUT2D eigenvalue weighted by molar-refractivity contribution is 7.92. The molecule has 2 amide bonds. The summed E-state index contributed by atoms with van der Waals surface area (Å²) in [5.41, 5.74) is 2.53. The number of amides is 2. The van der Waals surface area contributed by atoms with Gasteiger partial charge in [-0.2, -0.15) is 0 Å². The van der Waals surface area contributed by atoms with Crippen molar-refractivity contribution in [1.82, 2.24) is 10.2 Å². The lowest BCUT2D eigenvalue weighted by molar-refractivity contribution is -0.140. The Balaban J connectivity index is 1.42. The quantitative estimate of drug-likeness (QED) is 0.267. The predicted octanol–water partition coefficient (Wildman–Crippen LogP) is 6.95. The lowest BCUT2D eigenvalue weighted by atomic mass is 9.48. The van der Waals surface area contributed by atoms with E-state index in [1.54, 1.807) is 18.2 Å². The van der Waals surface area contributed by atoms with Crippen LogP contribution in [-0.4, -0.2) is 50.0 Å². The summed E-state index contributed by atoms with van der Waals surface area (Å²) in [5, 5.41) is 3.81. The average Bonchev–Trinajstić information content (AvgIpc) is 2.95. The molecule has 2 atom stereocenters. The second-order valence-corrected chi connectivity index (χ2v) is 16.3. The van der Waals surface area contributed by atoms with Crippen LogP contribution in [0.5, 0.6) is 0 Å². The second kappa shape index (κ2) is 13.2. The number of carbonyl (C=O) groups is 2. The van der Waals surface area contributed by atoms with E-state index in [-0.39, 0.29) is 23.9 Å².